The molecule has 0 aromatic rings. The van der Waals surface area contributed by atoms with Gasteiger partial charge in [-0.15, -0.1) is 0 Å². The Bertz CT molecular complexity index is 686. The van der Waals surface area contributed by atoms with E-state index in [1.165, 1.54) is 6.92 Å². The van der Waals surface area contributed by atoms with E-state index >= 15 is 0 Å². The number of ether oxygens (including phenoxy) is 1. The van der Waals surface area contributed by atoms with Crippen molar-refractivity contribution in [2.75, 3.05) is 6.61 Å². The normalized spacial score (nSPS) is 47.6. The van der Waals surface area contributed by atoms with Crippen molar-refractivity contribution in [3.63, 3.8) is 0 Å². The molecule has 1 N–H and O–H groups in total. The van der Waals surface area contributed by atoms with Gasteiger partial charge in [-0.2, -0.15) is 0 Å². The molecule has 0 amide bonds. The number of fused-ring (bicyclic) bond motifs is 5. The van der Waals surface area contributed by atoms with Crippen LogP contribution in [0.3, 0.4) is 0 Å². The number of hydrogen-bond acceptors (Lipinski definition) is 5. The third-order valence-corrected chi connectivity index (χ3v) is 9.22. The Labute approximate surface area is 167 Å². The van der Waals surface area contributed by atoms with E-state index < -0.39 is 12.1 Å². The highest BCUT2D eigenvalue weighted by atomic mass is 16.5. The van der Waals surface area contributed by atoms with Gasteiger partial charge in [-0.3, -0.25) is 14.4 Å². The Morgan fingerprint density at radius 1 is 1.14 bits per heavy atom. The van der Waals surface area contributed by atoms with Crippen molar-refractivity contribution in [1.29, 1.82) is 0 Å². The van der Waals surface area contributed by atoms with E-state index in [9.17, 15) is 19.5 Å². The minimum Gasteiger partial charge on any atom is -0.458 e. The van der Waals surface area contributed by atoms with Crippen LogP contribution in [0.1, 0.15) is 72.1 Å². The second kappa shape index (κ2) is 6.93. The first-order valence-electron chi connectivity index (χ1n) is 11.0. The fourth-order valence-corrected chi connectivity index (χ4v) is 7.97. The van der Waals surface area contributed by atoms with Crippen LogP contribution in [0.2, 0.25) is 0 Å². The molecule has 4 fully saturated rings. The van der Waals surface area contributed by atoms with Crippen LogP contribution in [0.4, 0.5) is 0 Å². The second-order valence-corrected chi connectivity index (χ2v) is 10.5. The molecule has 0 aliphatic heterocycles. The van der Waals surface area contributed by atoms with Gasteiger partial charge in [0.1, 0.15) is 12.4 Å². The fourth-order valence-electron chi connectivity index (χ4n) is 7.97. The van der Waals surface area contributed by atoms with Crippen LogP contribution < -0.4 is 0 Å². The van der Waals surface area contributed by atoms with Crippen molar-refractivity contribution in [3.8, 4) is 0 Å². The quantitative estimate of drug-likeness (QED) is 0.748. The molecule has 0 bridgehead atoms. The van der Waals surface area contributed by atoms with Gasteiger partial charge in [0.25, 0.3) is 0 Å². The molecule has 5 heteroatoms. The third-order valence-electron chi connectivity index (χ3n) is 9.22. The zero-order chi connectivity index (χ0) is 20.3. The molecular formula is C23H34O5. The summed E-state index contributed by atoms with van der Waals surface area (Å²) >= 11 is 0. The minimum atomic E-state index is -0.422. The molecule has 0 aromatic heterocycles. The molecule has 0 radical (unpaired) electrons. The van der Waals surface area contributed by atoms with E-state index in [0.29, 0.717) is 42.8 Å². The number of aliphatic hydroxyl groups is 1. The molecule has 0 spiro atoms. The minimum absolute atomic E-state index is 0.00834. The highest BCUT2D eigenvalue weighted by molar-refractivity contribution is 5.85. The summed E-state index contributed by atoms with van der Waals surface area (Å²) in [5.74, 6) is 1.33. The van der Waals surface area contributed by atoms with Gasteiger partial charge < -0.3 is 9.84 Å². The van der Waals surface area contributed by atoms with Crippen LogP contribution in [0.5, 0.6) is 0 Å². The van der Waals surface area contributed by atoms with Gasteiger partial charge >= 0.3 is 5.97 Å². The Balaban J connectivity index is 1.58. The Hall–Kier alpha value is -1.23. The molecule has 5 nitrogen and oxygen atoms in total. The maximum atomic E-state index is 12.8. The molecule has 4 rings (SSSR count). The van der Waals surface area contributed by atoms with Crippen molar-refractivity contribution in [3.05, 3.63) is 0 Å². The van der Waals surface area contributed by atoms with Gasteiger partial charge in [0.2, 0.25) is 0 Å². The zero-order valence-corrected chi connectivity index (χ0v) is 17.4. The molecule has 0 aromatic carbocycles. The van der Waals surface area contributed by atoms with Gasteiger partial charge in [-0.25, -0.2) is 0 Å². The highest BCUT2D eigenvalue weighted by Gasteiger charge is 2.63. The summed E-state index contributed by atoms with van der Waals surface area (Å²) in [5.41, 5.74) is -0.178. The lowest BCUT2D eigenvalue weighted by atomic mass is 9.44. The molecular weight excluding hydrogens is 356 g/mol. The van der Waals surface area contributed by atoms with E-state index in [0.717, 1.165) is 32.1 Å². The maximum Gasteiger partial charge on any atom is 0.303 e. The molecule has 0 heterocycles. The third kappa shape index (κ3) is 2.96. The number of ketones is 2. The summed E-state index contributed by atoms with van der Waals surface area (Å²) in [6, 6.07) is 0. The number of carbonyl (C=O) groups excluding carboxylic acids is 3. The van der Waals surface area contributed by atoms with Crippen LogP contribution in [-0.2, 0) is 19.1 Å². The molecule has 4 saturated carbocycles. The van der Waals surface area contributed by atoms with E-state index in [1.807, 2.05) is 0 Å². The van der Waals surface area contributed by atoms with E-state index in [-0.39, 0.29) is 35.1 Å². The van der Waals surface area contributed by atoms with E-state index in [1.54, 1.807) is 0 Å². The smallest absolute Gasteiger partial charge is 0.303 e. The van der Waals surface area contributed by atoms with E-state index in [2.05, 4.69) is 13.8 Å². The van der Waals surface area contributed by atoms with E-state index in [4.69, 9.17) is 4.74 Å². The van der Waals surface area contributed by atoms with Gasteiger partial charge in [-0.1, -0.05) is 13.8 Å². The number of hydrogen-bond donors (Lipinski definition) is 1. The molecule has 8 atom stereocenters. The molecule has 4 aliphatic rings. The summed E-state index contributed by atoms with van der Waals surface area (Å²) in [7, 11) is 0. The topological polar surface area (TPSA) is 80.7 Å². The lowest BCUT2D eigenvalue weighted by Crippen LogP contribution is -2.59. The Morgan fingerprint density at radius 2 is 1.89 bits per heavy atom. The summed E-state index contributed by atoms with van der Waals surface area (Å²) in [6.45, 7) is 5.67. The lowest BCUT2D eigenvalue weighted by Gasteiger charge is -2.61. The summed E-state index contributed by atoms with van der Waals surface area (Å²) < 4.78 is 4.99. The average molecular weight is 391 g/mol. The summed E-state index contributed by atoms with van der Waals surface area (Å²) in [6.07, 6.45) is 6.41. The standard InChI is InChI=1S/C23H34O5/c1-13(24)28-12-20(27)18-7-6-17-16-5-4-14-10-15(25)8-9-22(14,2)21(16)19(26)11-23(17,18)3/h14,16-19,21,26H,4-12H2,1-3H3/t14-,16-,17-,18+,19+,21+,22-,23-/m0/s1. The molecule has 0 unspecified atom stereocenters. The molecule has 156 valence electrons. The fraction of sp³-hybridized carbons (Fsp3) is 0.870. The van der Waals surface area contributed by atoms with Gasteiger partial charge in [0.15, 0.2) is 5.78 Å². The number of esters is 1. The van der Waals surface area contributed by atoms with Crippen LogP contribution in [0.15, 0.2) is 0 Å². The highest BCUT2D eigenvalue weighted by Crippen LogP contribution is 2.67. The average Bonchev–Trinajstić information content (AvgIpc) is 2.96. The first kappa shape index (κ1) is 20.1. The first-order valence-corrected chi connectivity index (χ1v) is 11.0. The number of aliphatic hydroxyl groups excluding tert-OH is 1. The van der Waals surface area contributed by atoms with Crippen LogP contribution in [0.25, 0.3) is 0 Å². The largest absolute Gasteiger partial charge is 0.458 e. The van der Waals surface area contributed by atoms with Crippen molar-refractivity contribution >= 4 is 17.5 Å². The zero-order valence-electron chi connectivity index (χ0n) is 17.4. The molecule has 4 aliphatic carbocycles. The predicted molar refractivity (Wildman–Crippen MR) is 103 cm³/mol. The van der Waals surface area contributed by atoms with Crippen LogP contribution in [-0.4, -0.2) is 35.4 Å². The summed E-state index contributed by atoms with van der Waals surface area (Å²) in [5, 5.41) is 11.3. The van der Waals surface area contributed by atoms with Gasteiger partial charge in [0.05, 0.1) is 6.10 Å². The van der Waals surface area contributed by atoms with Crippen molar-refractivity contribution in [1.82, 2.24) is 0 Å². The Morgan fingerprint density at radius 3 is 2.61 bits per heavy atom. The van der Waals surface area contributed by atoms with Crippen LogP contribution >= 0.6 is 0 Å². The molecule has 0 saturated heterocycles. The van der Waals surface area contributed by atoms with Crippen molar-refractivity contribution < 1.29 is 24.2 Å². The van der Waals surface area contributed by atoms with Crippen molar-refractivity contribution in [2.24, 2.45) is 40.4 Å². The SMILES string of the molecule is CC(=O)OCC(=O)[C@H]1CC[C@H]2[C@@H]3CC[C@H]4CC(=O)CC[C@]4(C)[C@H]3[C@H](O)C[C@]12C. The van der Waals surface area contributed by atoms with Crippen LogP contribution in [0, 0.1) is 40.4 Å². The molecule has 28 heavy (non-hydrogen) atoms. The van der Waals surface area contributed by atoms with Crippen molar-refractivity contribution in [2.45, 2.75) is 78.2 Å². The van der Waals surface area contributed by atoms with Gasteiger partial charge in [0, 0.05) is 25.7 Å². The number of Topliss-reactive ketones (excluding diaryl/α,β-unsaturated/α-hetero) is 2. The van der Waals surface area contributed by atoms with Gasteiger partial charge in [-0.05, 0) is 73.0 Å². The monoisotopic (exact) mass is 390 g/mol. The lowest BCUT2D eigenvalue weighted by molar-refractivity contribution is -0.175. The first-order chi connectivity index (χ1) is 13.2. The Kier molecular flexibility index (Phi) is 4.96. The summed E-state index contributed by atoms with van der Waals surface area (Å²) in [4.78, 5) is 36.0. The maximum absolute atomic E-state index is 12.8. The predicted octanol–water partition coefficient (Wildman–Crippen LogP) is 3.32. The number of rotatable bonds is 3. The number of carbonyl (C=O) groups is 3. The second-order valence-electron chi connectivity index (χ2n) is 10.5.